The molecule has 2 aromatic rings. The lowest BCUT2D eigenvalue weighted by atomic mass is 10.0. The number of hydrogen-bond donors (Lipinski definition) is 1. The van der Waals surface area contributed by atoms with Crippen molar-refractivity contribution >= 4 is 22.6 Å². The van der Waals surface area contributed by atoms with Crippen LogP contribution >= 0.6 is 11.6 Å². The van der Waals surface area contributed by atoms with Crippen molar-refractivity contribution in [2.45, 2.75) is 19.4 Å². The normalized spacial score (nSPS) is 14.7. The minimum Gasteiger partial charge on any atom is -0.458 e. The highest BCUT2D eigenvalue weighted by molar-refractivity contribution is 6.34. The second-order valence-electron chi connectivity index (χ2n) is 4.94. The second kappa shape index (κ2) is 6.42. The fraction of sp³-hybridized carbons (Fsp3) is 0.467. The number of rotatable bonds is 6. The number of hydrogen-bond acceptors (Lipinski definition) is 3. The molecule has 1 N–H and O–H groups in total. The zero-order chi connectivity index (χ0) is 13.8. The van der Waals surface area contributed by atoms with Gasteiger partial charge < -0.3 is 14.5 Å². The molecule has 2 rings (SSSR count). The molecule has 0 aliphatic carbocycles. The average Bonchev–Trinajstić information content (AvgIpc) is 2.81. The Balaban J connectivity index is 2.23. The fourth-order valence-electron chi connectivity index (χ4n) is 2.35. The molecule has 0 fully saturated rings. The molecule has 1 heterocycles. The largest absolute Gasteiger partial charge is 0.458 e. The van der Waals surface area contributed by atoms with Crippen LogP contribution in [0.3, 0.4) is 0 Å². The van der Waals surface area contributed by atoms with Crippen LogP contribution < -0.4 is 5.32 Å². The predicted molar refractivity (Wildman–Crippen MR) is 78.7 cm³/mol. The number of nitrogens with one attached hydrogen (secondary N) is 1. The molecule has 0 saturated carbocycles. The Morgan fingerprint density at radius 2 is 2.21 bits per heavy atom. The van der Waals surface area contributed by atoms with E-state index in [9.17, 15) is 0 Å². The van der Waals surface area contributed by atoms with Crippen LogP contribution in [-0.4, -0.2) is 20.8 Å². The first-order chi connectivity index (χ1) is 9.15. The molecule has 2 unspecified atom stereocenters. The molecule has 0 spiro atoms. The Hall–Kier alpha value is -1.03. The predicted octanol–water partition coefficient (Wildman–Crippen LogP) is 4.02. The van der Waals surface area contributed by atoms with Crippen molar-refractivity contribution in [1.82, 2.24) is 5.32 Å². The van der Waals surface area contributed by atoms with Crippen LogP contribution in [0, 0.1) is 5.92 Å². The fourth-order valence-corrected chi connectivity index (χ4v) is 2.57. The van der Waals surface area contributed by atoms with E-state index in [1.807, 2.05) is 25.2 Å². The van der Waals surface area contributed by atoms with Gasteiger partial charge in [0.2, 0.25) is 0 Å². The second-order valence-corrected chi connectivity index (χ2v) is 5.35. The number of para-hydroxylation sites is 1. The van der Waals surface area contributed by atoms with E-state index in [0.29, 0.717) is 10.9 Å². The maximum absolute atomic E-state index is 6.14. The molecule has 0 bridgehead atoms. The van der Waals surface area contributed by atoms with Gasteiger partial charge in [-0.1, -0.05) is 30.7 Å². The maximum Gasteiger partial charge on any atom is 0.152 e. The van der Waals surface area contributed by atoms with Crippen LogP contribution in [0.25, 0.3) is 11.0 Å². The van der Waals surface area contributed by atoms with Gasteiger partial charge in [-0.3, -0.25) is 0 Å². The highest BCUT2D eigenvalue weighted by Crippen LogP contribution is 2.31. The number of furan rings is 1. The van der Waals surface area contributed by atoms with Gasteiger partial charge in [0.1, 0.15) is 5.76 Å². The molecule has 3 nitrogen and oxygen atoms in total. The molecule has 0 aliphatic heterocycles. The molecular weight excluding hydrogens is 262 g/mol. The first kappa shape index (κ1) is 14.4. The molecule has 1 aromatic carbocycles. The van der Waals surface area contributed by atoms with Gasteiger partial charge in [0.05, 0.1) is 11.1 Å². The Labute approximate surface area is 118 Å². The summed E-state index contributed by atoms with van der Waals surface area (Å²) in [7, 11) is 3.67. The Morgan fingerprint density at radius 3 is 2.84 bits per heavy atom. The van der Waals surface area contributed by atoms with Crippen molar-refractivity contribution in [3.63, 3.8) is 0 Å². The van der Waals surface area contributed by atoms with Crippen LogP contribution in [-0.2, 0) is 4.74 Å². The number of halogens is 1. The van der Waals surface area contributed by atoms with E-state index in [1.54, 1.807) is 7.11 Å². The Kier molecular flexibility index (Phi) is 4.86. The summed E-state index contributed by atoms with van der Waals surface area (Å²) >= 11 is 6.14. The summed E-state index contributed by atoms with van der Waals surface area (Å²) in [6.07, 6.45) is 0.960. The maximum atomic E-state index is 6.14. The van der Waals surface area contributed by atoms with E-state index in [0.717, 1.165) is 29.8 Å². The Morgan fingerprint density at radius 1 is 1.42 bits per heavy atom. The summed E-state index contributed by atoms with van der Waals surface area (Å²) in [5.41, 5.74) is 0.763. The topological polar surface area (TPSA) is 34.4 Å². The molecule has 0 amide bonds. The summed E-state index contributed by atoms with van der Waals surface area (Å²) in [6, 6.07) is 8.03. The molecule has 4 heteroatoms. The average molecular weight is 282 g/mol. The van der Waals surface area contributed by atoms with Gasteiger partial charge in [0.25, 0.3) is 0 Å². The zero-order valence-electron chi connectivity index (χ0n) is 11.6. The molecule has 0 aliphatic rings. The lowest BCUT2D eigenvalue weighted by Crippen LogP contribution is -2.20. The molecule has 2 atom stereocenters. The minimum absolute atomic E-state index is 0.175. The van der Waals surface area contributed by atoms with Crippen LogP contribution in [0.4, 0.5) is 0 Å². The van der Waals surface area contributed by atoms with Crippen molar-refractivity contribution in [3.8, 4) is 0 Å². The van der Waals surface area contributed by atoms with Gasteiger partial charge in [0.15, 0.2) is 5.58 Å². The van der Waals surface area contributed by atoms with Crippen LogP contribution in [0.5, 0.6) is 0 Å². The van der Waals surface area contributed by atoms with E-state index in [4.69, 9.17) is 20.8 Å². The third-order valence-corrected chi connectivity index (χ3v) is 3.59. The van der Waals surface area contributed by atoms with E-state index in [2.05, 4.69) is 18.3 Å². The summed E-state index contributed by atoms with van der Waals surface area (Å²) in [5.74, 6) is 1.39. The highest BCUT2D eigenvalue weighted by atomic mass is 35.5. The van der Waals surface area contributed by atoms with Gasteiger partial charge in [-0.25, -0.2) is 0 Å². The van der Waals surface area contributed by atoms with E-state index in [-0.39, 0.29) is 6.04 Å². The first-order valence-corrected chi connectivity index (χ1v) is 6.87. The molecule has 104 valence electrons. The molecule has 19 heavy (non-hydrogen) atoms. The summed E-state index contributed by atoms with van der Waals surface area (Å²) < 4.78 is 11.1. The zero-order valence-corrected chi connectivity index (χ0v) is 12.3. The van der Waals surface area contributed by atoms with Crippen molar-refractivity contribution in [1.29, 1.82) is 0 Å². The van der Waals surface area contributed by atoms with Crippen molar-refractivity contribution in [3.05, 3.63) is 35.0 Å². The van der Waals surface area contributed by atoms with Crippen LogP contribution in [0.15, 0.2) is 28.7 Å². The third-order valence-electron chi connectivity index (χ3n) is 3.30. The number of fused-ring (bicyclic) bond motifs is 1. The molecule has 1 aromatic heterocycles. The summed E-state index contributed by atoms with van der Waals surface area (Å²) in [5, 5.41) is 5.00. The number of methoxy groups -OCH3 is 1. The smallest absolute Gasteiger partial charge is 0.152 e. The summed E-state index contributed by atoms with van der Waals surface area (Å²) in [6.45, 7) is 2.92. The van der Waals surface area contributed by atoms with Crippen molar-refractivity contribution in [2.24, 2.45) is 5.92 Å². The van der Waals surface area contributed by atoms with Crippen LogP contribution in [0.1, 0.15) is 25.1 Å². The van der Waals surface area contributed by atoms with Gasteiger partial charge in [-0.2, -0.15) is 0 Å². The number of ether oxygens (including phenoxy) is 1. The van der Waals surface area contributed by atoms with Gasteiger partial charge in [-0.15, -0.1) is 0 Å². The minimum atomic E-state index is 0.175. The van der Waals surface area contributed by atoms with E-state index >= 15 is 0 Å². The lowest BCUT2D eigenvalue weighted by Gasteiger charge is -2.18. The van der Waals surface area contributed by atoms with Gasteiger partial charge in [0, 0.05) is 19.1 Å². The molecule has 0 saturated heterocycles. The van der Waals surface area contributed by atoms with Crippen LogP contribution in [0.2, 0.25) is 5.02 Å². The van der Waals surface area contributed by atoms with Gasteiger partial charge >= 0.3 is 0 Å². The molecule has 0 radical (unpaired) electrons. The third kappa shape index (κ3) is 3.30. The first-order valence-electron chi connectivity index (χ1n) is 6.49. The van der Waals surface area contributed by atoms with Crippen molar-refractivity contribution < 1.29 is 9.15 Å². The standard InChI is InChI=1S/C15H20ClNO2/c1-10(9-18-3)7-13(17-2)14-8-11-5-4-6-12(16)15(11)19-14/h4-6,8,10,13,17H,7,9H2,1-3H3. The monoisotopic (exact) mass is 281 g/mol. The highest BCUT2D eigenvalue weighted by Gasteiger charge is 2.18. The summed E-state index contributed by atoms with van der Waals surface area (Å²) in [4.78, 5) is 0. The van der Waals surface area contributed by atoms with E-state index < -0.39 is 0 Å². The lowest BCUT2D eigenvalue weighted by molar-refractivity contribution is 0.148. The van der Waals surface area contributed by atoms with E-state index in [1.165, 1.54) is 0 Å². The van der Waals surface area contributed by atoms with Gasteiger partial charge in [-0.05, 0) is 31.5 Å². The quantitative estimate of drug-likeness (QED) is 0.868. The SMILES string of the molecule is CNC(CC(C)COC)c1cc2cccc(Cl)c2o1. The Bertz CT molecular complexity index is 538. The number of benzene rings is 1. The van der Waals surface area contributed by atoms with Crippen molar-refractivity contribution in [2.75, 3.05) is 20.8 Å². The molecular formula is C15H20ClNO2.